The number of nitrogens with zero attached hydrogens (tertiary/aromatic N) is 2. The first-order valence-corrected chi connectivity index (χ1v) is 15.7. The van der Waals surface area contributed by atoms with Crippen LogP contribution in [-0.2, 0) is 4.74 Å². The average Bonchev–Trinajstić information content (AvgIpc) is 3.40. The molecule has 0 saturated carbocycles. The van der Waals surface area contributed by atoms with Crippen molar-refractivity contribution >= 4 is 104 Å². The minimum absolute atomic E-state index is 0.0191. The summed E-state index contributed by atoms with van der Waals surface area (Å²) in [4.78, 5) is 70.2. The SMILES string of the molecule is O=C(OCCCN1C(=O)c2ccccc2C1=O)c1ccc2nc(C3C(=O)c4c(Br)c(Br)c(Br)c(Br)c4C3=O)ccc2c1. The lowest BCUT2D eigenvalue weighted by Crippen LogP contribution is -2.31. The van der Waals surface area contributed by atoms with Gasteiger partial charge in [0.05, 0.1) is 34.5 Å². The Hall–Kier alpha value is -3.06. The maximum absolute atomic E-state index is 13.4. The molecule has 1 aliphatic heterocycles. The van der Waals surface area contributed by atoms with Gasteiger partial charge in [0.1, 0.15) is 5.92 Å². The fourth-order valence-electron chi connectivity index (χ4n) is 5.11. The number of ketones is 2. The molecule has 0 fully saturated rings. The number of amides is 2. The van der Waals surface area contributed by atoms with Crippen molar-refractivity contribution in [1.29, 1.82) is 0 Å². The van der Waals surface area contributed by atoms with Crippen molar-refractivity contribution in [1.82, 2.24) is 9.88 Å². The number of rotatable bonds is 6. The number of carbonyl (C=O) groups excluding carboxylic acids is 5. The Balaban J connectivity index is 1.13. The summed E-state index contributed by atoms with van der Waals surface area (Å²) >= 11 is 13.7. The second-order valence-corrected chi connectivity index (χ2v) is 12.8. The van der Waals surface area contributed by atoms with E-state index in [0.717, 1.165) is 4.90 Å². The van der Waals surface area contributed by atoms with Crippen LogP contribution in [0.25, 0.3) is 10.9 Å². The molecular formula is C30H16Br4N2O6. The zero-order valence-electron chi connectivity index (χ0n) is 21.3. The number of benzene rings is 3. The van der Waals surface area contributed by atoms with Gasteiger partial charge in [0, 0.05) is 40.9 Å². The Bertz CT molecular complexity index is 1820. The predicted molar refractivity (Wildman–Crippen MR) is 167 cm³/mol. The molecule has 0 saturated heterocycles. The van der Waals surface area contributed by atoms with Gasteiger partial charge in [-0.25, -0.2) is 4.79 Å². The van der Waals surface area contributed by atoms with Crippen molar-refractivity contribution < 1.29 is 28.7 Å². The topological polar surface area (TPSA) is 111 Å². The molecule has 1 aliphatic carbocycles. The molecule has 6 rings (SSSR count). The molecule has 0 radical (unpaired) electrons. The van der Waals surface area contributed by atoms with Crippen LogP contribution < -0.4 is 0 Å². The Morgan fingerprint density at radius 3 is 1.98 bits per heavy atom. The van der Waals surface area contributed by atoms with Crippen LogP contribution in [0.15, 0.2) is 72.5 Å². The summed E-state index contributed by atoms with van der Waals surface area (Å²) in [6.45, 7) is 0.152. The Morgan fingerprint density at radius 1 is 0.786 bits per heavy atom. The molecule has 0 unspecified atom stereocenters. The van der Waals surface area contributed by atoms with Gasteiger partial charge in [-0.2, -0.15) is 0 Å². The molecule has 2 amide bonds. The molecule has 42 heavy (non-hydrogen) atoms. The zero-order valence-corrected chi connectivity index (χ0v) is 27.6. The van der Waals surface area contributed by atoms with Crippen molar-refractivity contribution in [2.24, 2.45) is 0 Å². The number of esters is 1. The van der Waals surface area contributed by atoms with E-state index in [1.54, 1.807) is 54.6 Å². The number of hydrogen-bond acceptors (Lipinski definition) is 7. The largest absolute Gasteiger partial charge is 0.462 e. The number of ether oxygens (including phenoxy) is 1. The molecule has 0 bridgehead atoms. The number of halogens is 4. The lowest BCUT2D eigenvalue weighted by molar-refractivity contribution is 0.0482. The minimum atomic E-state index is -1.09. The van der Waals surface area contributed by atoms with E-state index in [1.807, 2.05) is 0 Å². The first-order chi connectivity index (χ1) is 20.1. The van der Waals surface area contributed by atoms with Crippen LogP contribution in [-0.4, -0.2) is 52.4 Å². The van der Waals surface area contributed by atoms with Crippen molar-refractivity contribution in [2.45, 2.75) is 12.3 Å². The highest BCUT2D eigenvalue weighted by molar-refractivity contribution is 9.15. The van der Waals surface area contributed by atoms with E-state index in [2.05, 4.69) is 68.7 Å². The van der Waals surface area contributed by atoms with Gasteiger partial charge in [-0.05, 0) is 107 Å². The number of Topliss-reactive ketones (excluding diaryl/α,β-unsaturated/α-hetero) is 2. The van der Waals surface area contributed by atoms with Crippen molar-refractivity contribution in [2.75, 3.05) is 13.2 Å². The van der Waals surface area contributed by atoms with E-state index in [1.165, 1.54) is 0 Å². The summed E-state index contributed by atoms with van der Waals surface area (Å²) in [5.74, 6) is -3.08. The summed E-state index contributed by atoms with van der Waals surface area (Å²) < 4.78 is 7.59. The smallest absolute Gasteiger partial charge is 0.338 e. The lowest BCUT2D eigenvalue weighted by Gasteiger charge is -2.13. The van der Waals surface area contributed by atoms with E-state index in [-0.39, 0.29) is 47.7 Å². The summed E-state index contributed by atoms with van der Waals surface area (Å²) in [5, 5.41) is 0.627. The van der Waals surface area contributed by atoms with Gasteiger partial charge in [-0.15, -0.1) is 0 Å². The number of pyridine rings is 1. The number of imide groups is 1. The molecule has 0 N–H and O–H groups in total. The van der Waals surface area contributed by atoms with Crippen LogP contribution in [0.2, 0.25) is 0 Å². The molecule has 8 nitrogen and oxygen atoms in total. The van der Waals surface area contributed by atoms with Crippen LogP contribution in [0.5, 0.6) is 0 Å². The molecule has 4 aromatic rings. The minimum Gasteiger partial charge on any atom is -0.462 e. The molecule has 2 aliphatic rings. The van der Waals surface area contributed by atoms with Gasteiger partial charge < -0.3 is 4.74 Å². The van der Waals surface area contributed by atoms with E-state index in [9.17, 15) is 24.0 Å². The van der Waals surface area contributed by atoms with Gasteiger partial charge in [0.25, 0.3) is 11.8 Å². The molecule has 3 aromatic carbocycles. The summed E-state index contributed by atoms with van der Waals surface area (Å²) in [5.41, 5.74) is 2.43. The van der Waals surface area contributed by atoms with Crippen molar-refractivity contribution in [3.63, 3.8) is 0 Å². The maximum Gasteiger partial charge on any atom is 0.338 e. The Labute approximate surface area is 272 Å². The monoisotopic (exact) mass is 816 g/mol. The highest BCUT2D eigenvalue weighted by Gasteiger charge is 2.44. The van der Waals surface area contributed by atoms with E-state index in [4.69, 9.17) is 4.74 Å². The second kappa shape index (κ2) is 11.2. The number of carbonyl (C=O) groups is 5. The third-order valence-electron chi connectivity index (χ3n) is 7.16. The van der Waals surface area contributed by atoms with Crippen LogP contribution in [0, 0.1) is 0 Å². The van der Waals surface area contributed by atoms with E-state index in [0.29, 0.717) is 57.6 Å². The third-order valence-corrected chi connectivity index (χ3v) is 11.9. The zero-order chi connectivity index (χ0) is 29.9. The molecule has 0 spiro atoms. The standard InChI is InChI=1S/C30H16Br4N2O6/c31-22-20-21(23(32)25(34)24(22)33)27(38)19(26(20)37)18-9-6-13-12-14(7-8-17(13)35-18)30(41)42-11-3-10-36-28(39)15-4-1-2-5-16(15)29(36)40/h1-2,4-9,12,19H,3,10-11H2. The van der Waals surface area contributed by atoms with Crippen molar-refractivity contribution in [3.8, 4) is 0 Å². The van der Waals surface area contributed by atoms with Crippen LogP contribution in [0.1, 0.15) is 69.8 Å². The molecular weight excluding hydrogens is 804 g/mol. The molecule has 0 atom stereocenters. The summed E-state index contributed by atoms with van der Waals surface area (Å²) in [6.07, 6.45) is 0.293. The fourth-order valence-corrected chi connectivity index (χ4v) is 7.62. The van der Waals surface area contributed by atoms with Gasteiger partial charge in [-0.3, -0.25) is 29.1 Å². The van der Waals surface area contributed by atoms with Crippen molar-refractivity contribution in [3.05, 3.63) is 106 Å². The number of hydrogen-bond donors (Lipinski definition) is 0. The highest BCUT2D eigenvalue weighted by atomic mass is 79.9. The quantitative estimate of drug-likeness (QED) is 0.0502. The second-order valence-electron chi connectivity index (χ2n) is 9.61. The predicted octanol–water partition coefficient (Wildman–Crippen LogP) is 7.29. The van der Waals surface area contributed by atoms with E-state index >= 15 is 0 Å². The fraction of sp³-hybridized carbons (Fsp3) is 0.133. The van der Waals surface area contributed by atoms with Gasteiger partial charge in [-0.1, -0.05) is 18.2 Å². The van der Waals surface area contributed by atoms with Crippen LogP contribution >= 0.6 is 63.7 Å². The lowest BCUT2D eigenvalue weighted by atomic mass is 9.98. The molecule has 12 heteroatoms. The summed E-state index contributed by atoms with van der Waals surface area (Å²) in [6, 6.07) is 14.8. The molecule has 2 heterocycles. The summed E-state index contributed by atoms with van der Waals surface area (Å²) in [7, 11) is 0. The highest BCUT2D eigenvalue weighted by Crippen LogP contribution is 2.48. The Kier molecular flexibility index (Phi) is 7.75. The van der Waals surface area contributed by atoms with Crippen LogP contribution in [0.3, 0.4) is 0 Å². The third kappa shape index (κ3) is 4.68. The number of fused-ring (bicyclic) bond motifs is 3. The first-order valence-electron chi connectivity index (χ1n) is 12.6. The normalized spacial score (nSPS) is 14.6. The van der Waals surface area contributed by atoms with E-state index < -0.39 is 11.9 Å². The van der Waals surface area contributed by atoms with Crippen LogP contribution in [0.4, 0.5) is 0 Å². The number of aromatic nitrogens is 1. The van der Waals surface area contributed by atoms with Gasteiger partial charge in [0.2, 0.25) is 0 Å². The van der Waals surface area contributed by atoms with Gasteiger partial charge in [0.15, 0.2) is 11.6 Å². The molecule has 1 aromatic heterocycles. The Morgan fingerprint density at radius 2 is 1.38 bits per heavy atom. The first kappa shape index (κ1) is 29.0. The molecule has 210 valence electrons. The van der Waals surface area contributed by atoms with Gasteiger partial charge >= 0.3 is 5.97 Å². The maximum atomic E-state index is 13.4. The average molecular weight is 820 g/mol.